The molecule has 2 heterocycles. The first-order valence-corrected chi connectivity index (χ1v) is 6.11. The van der Waals surface area contributed by atoms with Crippen molar-refractivity contribution in [2.24, 2.45) is 17.8 Å². The molecule has 16 heavy (non-hydrogen) atoms. The molecule has 90 valence electrons. The third-order valence-corrected chi connectivity index (χ3v) is 3.51. The Morgan fingerprint density at radius 3 is 2.44 bits per heavy atom. The summed E-state index contributed by atoms with van der Waals surface area (Å²) in [7, 11) is 0. The van der Waals surface area contributed by atoms with Crippen molar-refractivity contribution in [3.8, 4) is 0 Å². The average molecular weight is 224 g/mol. The molecule has 3 unspecified atom stereocenters. The van der Waals surface area contributed by atoms with Gasteiger partial charge in [0.15, 0.2) is 0 Å². The summed E-state index contributed by atoms with van der Waals surface area (Å²) in [5.74, 6) is 1.22. The zero-order valence-electron chi connectivity index (χ0n) is 10.0. The summed E-state index contributed by atoms with van der Waals surface area (Å²) in [5.41, 5.74) is 0. The highest BCUT2D eigenvalue weighted by atomic mass is 16.2. The molecule has 0 spiro atoms. The Hall–Kier alpha value is -1.06. The van der Waals surface area contributed by atoms with Gasteiger partial charge in [0.25, 0.3) is 0 Å². The lowest BCUT2D eigenvalue weighted by Crippen LogP contribution is -2.45. The lowest BCUT2D eigenvalue weighted by molar-refractivity contribution is -0.138. The van der Waals surface area contributed by atoms with Crippen molar-refractivity contribution in [1.82, 2.24) is 10.2 Å². The minimum atomic E-state index is -0.120. The van der Waals surface area contributed by atoms with Gasteiger partial charge in [-0.3, -0.25) is 9.59 Å². The Morgan fingerprint density at radius 2 is 1.94 bits per heavy atom. The maximum absolute atomic E-state index is 12.2. The molecule has 0 bridgehead atoms. The molecular formula is C12H20N2O2. The Kier molecular flexibility index (Phi) is 3.17. The summed E-state index contributed by atoms with van der Waals surface area (Å²) >= 11 is 0. The number of likely N-dealkylation sites (tertiary alicyclic amines) is 1. The quantitative estimate of drug-likeness (QED) is 0.710. The van der Waals surface area contributed by atoms with Gasteiger partial charge in [-0.1, -0.05) is 13.8 Å². The molecule has 4 heteroatoms. The molecule has 0 aromatic heterocycles. The van der Waals surface area contributed by atoms with Gasteiger partial charge in [-0.05, 0) is 18.3 Å². The fourth-order valence-corrected chi connectivity index (χ4v) is 2.88. The monoisotopic (exact) mass is 224 g/mol. The summed E-state index contributed by atoms with van der Waals surface area (Å²) in [6, 6.07) is 0. The van der Waals surface area contributed by atoms with E-state index >= 15 is 0 Å². The number of rotatable bonds is 1. The van der Waals surface area contributed by atoms with E-state index in [0.29, 0.717) is 24.8 Å². The zero-order chi connectivity index (χ0) is 11.7. The topological polar surface area (TPSA) is 49.4 Å². The predicted octanol–water partition coefficient (Wildman–Crippen LogP) is 0.627. The molecule has 2 amide bonds. The van der Waals surface area contributed by atoms with E-state index in [1.807, 2.05) is 4.90 Å². The van der Waals surface area contributed by atoms with Crippen molar-refractivity contribution >= 4 is 11.8 Å². The smallest absolute Gasteiger partial charge is 0.228 e. The van der Waals surface area contributed by atoms with Crippen LogP contribution >= 0.6 is 0 Å². The van der Waals surface area contributed by atoms with Gasteiger partial charge in [0.1, 0.15) is 0 Å². The third-order valence-electron chi connectivity index (χ3n) is 3.51. The van der Waals surface area contributed by atoms with Gasteiger partial charge >= 0.3 is 0 Å². The lowest BCUT2D eigenvalue weighted by Gasteiger charge is -2.36. The van der Waals surface area contributed by atoms with E-state index in [4.69, 9.17) is 0 Å². The molecule has 3 atom stereocenters. The molecule has 2 aliphatic rings. The largest absolute Gasteiger partial charge is 0.355 e. The highest BCUT2D eigenvalue weighted by Crippen LogP contribution is 2.23. The number of nitrogens with one attached hydrogen (secondary N) is 1. The Balaban J connectivity index is 1.96. The lowest BCUT2D eigenvalue weighted by atomic mass is 9.91. The van der Waals surface area contributed by atoms with E-state index < -0.39 is 0 Å². The van der Waals surface area contributed by atoms with Crippen molar-refractivity contribution in [2.45, 2.75) is 26.7 Å². The summed E-state index contributed by atoms with van der Waals surface area (Å²) < 4.78 is 0. The first-order chi connectivity index (χ1) is 7.56. The summed E-state index contributed by atoms with van der Waals surface area (Å²) in [5, 5.41) is 2.73. The van der Waals surface area contributed by atoms with Crippen LogP contribution in [0.4, 0.5) is 0 Å². The van der Waals surface area contributed by atoms with Gasteiger partial charge < -0.3 is 10.2 Å². The van der Waals surface area contributed by atoms with E-state index in [9.17, 15) is 9.59 Å². The Bertz CT molecular complexity index is 293. The Labute approximate surface area is 96.4 Å². The van der Waals surface area contributed by atoms with Crippen molar-refractivity contribution in [1.29, 1.82) is 0 Å². The van der Waals surface area contributed by atoms with Crippen molar-refractivity contribution in [3.05, 3.63) is 0 Å². The summed E-state index contributed by atoms with van der Waals surface area (Å²) in [6.07, 6.45) is 1.57. The number of nitrogens with zero attached hydrogens (tertiary/aromatic N) is 1. The van der Waals surface area contributed by atoms with Gasteiger partial charge in [-0.25, -0.2) is 0 Å². The van der Waals surface area contributed by atoms with E-state index in [2.05, 4.69) is 19.2 Å². The molecule has 1 N–H and O–H groups in total. The number of amides is 2. The van der Waals surface area contributed by atoms with Crippen LogP contribution in [0.1, 0.15) is 26.7 Å². The van der Waals surface area contributed by atoms with E-state index in [1.54, 1.807) is 0 Å². The predicted molar refractivity (Wildman–Crippen MR) is 60.6 cm³/mol. The van der Waals surface area contributed by atoms with Gasteiger partial charge in [0.05, 0.1) is 5.92 Å². The molecule has 0 aliphatic carbocycles. The normalized spacial score (nSPS) is 35.0. The fourth-order valence-electron chi connectivity index (χ4n) is 2.88. The van der Waals surface area contributed by atoms with E-state index in [-0.39, 0.29) is 17.7 Å². The molecule has 0 radical (unpaired) electrons. The first kappa shape index (κ1) is 11.4. The number of carbonyl (C=O) groups excluding carboxylic acids is 2. The molecule has 2 aliphatic heterocycles. The van der Waals surface area contributed by atoms with E-state index in [1.165, 1.54) is 6.42 Å². The number of hydrogen-bond acceptors (Lipinski definition) is 2. The third kappa shape index (κ3) is 2.36. The minimum absolute atomic E-state index is 0.0106. The second kappa shape index (κ2) is 4.44. The Morgan fingerprint density at radius 1 is 1.31 bits per heavy atom. The van der Waals surface area contributed by atoms with Crippen LogP contribution in [0.5, 0.6) is 0 Å². The standard InChI is InChI=1S/C12H20N2O2/c1-8-3-9(2)7-14(6-8)12(16)10-4-11(15)13-5-10/h8-10H,3-7H2,1-2H3,(H,13,15). The maximum atomic E-state index is 12.2. The first-order valence-electron chi connectivity index (χ1n) is 6.11. The van der Waals surface area contributed by atoms with Crippen molar-refractivity contribution in [2.75, 3.05) is 19.6 Å². The maximum Gasteiger partial charge on any atom is 0.228 e. The van der Waals surface area contributed by atoms with Gasteiger partial charge in [0.2, 0.25) is 11.8 Å². The van der Waals surface area contributed by atoms with Crippen molar-refractivity contribution < 1.29 is 9.59 Å². The highest BCUT2D eigenvalue weighted by Gasteiger charge is 2.34. The van der Waals surface area contributed by atoms with Gasteiger partial charge in [-0.2, -0.15) is 0 Å². The number of hydrogen-bond donors (Lipinski definition) is 1. The van der Waals surface area contributed by atoms with Crippen LogP contribution in [0.3, 0.4) is 0 Å². The number of carbonyl (C=O) groups is 2. The molecular weight excluding hydrogens is 204 g/mol. The molecule has 4 nitrogen and oxygen atoms in total. The van der Waals surface area contributed by atoms with Crippen LogP contribution in [0.15, 0.2) is 0 Å². The summed E-state index contributed by atoms with van der Waals surface area (Å²) in [6.45, 7) is 6.61. The SMILES string of the molecule is CC1CC(C)CN(C(=O)C2CNC(=O)C2)C1. The highest BCUT2D eigenvalue weighted by molar-refractivity contribution is 5.89. The summed E-state index contributed by atoms with van der Waals surface area (Å²) in [4.78, 5) is 25.2. The van der Waals surface area contributed by atoms with Crippen LogP contribution in [0, 0.1) is 17.8 Å². The average Bonchev–Trinajstić information content (AvgIpc) is 2.62. The van der Waals surface area contributed by atoms with Crippen LogP contribution in [0.2, 0.25) is 0 Å². The molecule has 2 rings (SSSR count). The van der Waals surface area contributed by atoms with Crippen LogP contribution in [0.25, 0.3) is 0 Å². The molecule has 0 aromatic rings. The van der Waals surface area contributed by atoms with Crippen molar-refractivity contribution in [3.63, 3.8) is 0 Å². The molecule has 0 saturated carbocycles. The molecule has 2 fully saturated rings. The second-order valence-electron chi connectivity index (χ2n) is 5.39. The second-order valence-corrected chi connectivity index (χ2v) is 5.39. The minimum Gasteiger partial charge on any atom is -0.355 e. The fraction of sp³-hybridized carbons (Fsp3) is 0.833. The molecule has 0 aromatic carbocycles. The van der Waals surface area contributed by atoms with Crippen LogP contribution in [-0.4, -0.2) is 36.3 Å². The van der Waals surface area contributed by atoms with Crippen LogP contribution in [-0.2, 0) is 9.59 Å². The zero-order valence-corrected chi connectivity index (χ0v) is 10.0. The molecule has 2 saturated heterocycles. The number of piperidine rings is 1. The van der Waals surface area contributed by atoms with Gasteiger partial charge in [0, 0.05) is 26.1 Å². The van der Waals surface area contributed by atoms with Crippen LogP contribution < -0.4 is 5.32 Å². The van der Waals surface area contributed by atoms with Gasteiger partial charge in [-0.15, -0.1) is 0 Å². The van der Waals surface area contributed by atoms with E-state index in [0.717, 1.165) is 13.1 Å².